The standard InChI is InChI=1S/C10H21NO/c1-4-5-6-7-9(2)8-11-10(3)12/h9,11-12H,3-8H2,1-2H3/t9-/m1/s1. The third-order valence-electron chi connectivity index (χ3n) is 1.96. The van der Waals surface area contributed by atoms with Crippen LogP contribution in [0.25, 0.3) is 0 Å². The number of aliphatic hydroxyl groups is 1. The van der Waals surface area contributed by atoms with Gasteiger partial charge in [0.25, 0.3) is 0 Å². The second-order valence-electron chi connectivity index (χ2n) is 3.43. The molecule has 0 aliphatic heterocycles. The minimum absolute atomic E-state index is 0.0809. The maximum atomic E-state index is 8.77. The third-order valence-corrected chi connectivity index (χ3v) is 1.96. The Kier molecular flexibility index (Phi) is 6.63. The van der Waals surface area contributed by atoms with Gasteiger partial charge < -0.3 is 10.4 Å². The lowest BCUT2D eigenvalue weighted by atomic mass is 10.0. The molecule has 0 bridgehead atoms. The molecule has 2 N–H and O–H groups in total. The van der Waals surface area contributed by atoms with Crippen LogP contribution in [0.1, 0.15) is 39.5 Å². The molecule has 0 aliphatic carbocycles. The van der Waals surface area contributed by atoms with Gasteiger partial charge in [-0.3, -0.25) is 0 Å². The molecule has 0 rings (SSSR count). The zero-order valence-corrected chi connectivity index (χ0v) is 8.27. The highest BCUT2D eigenvalue weighted by Crippen LogP contribution is 2.08. The summed E-state index contributed by atoms with van der Waals surface area (Å²) in [6.45, 7) is 8.59. The van der Waals surface area contributed by atoms with Gasteiger partial charge in [-0.05, 0) is 18.9 Å². The summed E-state index contributed by atoms with van der Waals surface area (Å²) in [6.07, 6.45) is 5.10. The fraction of sp³-hybridized carbons (Fsp3) is 0.800. The predicted octanol–water partition coefficient (Wildman–Crippen LogP) is 2.82. The molecule has 0 spiro atoms. The lowest BCUT2D eigenvalue weighted by molar-refractivity contribution is 0.347. The molecule has 0 aliphatic rings. The Morgan fingerprint density at radius 1 is 1.50 bits per heavy atom. The topological polar surface area (TPSA) is 32.3 Å². The fourth-order valence-corrected chi connectivity index (χ4v) is 1.14. The summed E-state index contributed by atoms with van der Waals surface area (Å²) >= 11 is 0. The van der Waals surface area contributed by atoms with Crippen molar-refractivity contribution < 1.29 is 5.11 Å². The highest BCUT2D eigenvalue weighted by Gasteiger charge is 2.00. The van der Waals surface area contributed by atoms with Crippen LogP contribution in [0.15, 0.2) is 12.5 Å². The highest BCUT2D eigenvalue weighted by atomic mass is 16.3. The Morgan fingerprint density at radius 2 is 2.17 bits per heavy atom. The molecule has 2 heteroatoms. The molecule has 0 unspecified atom stereocenters. The van der Waals surface area contributed by atoms with Gasteiger partial charge in [-0.2, -0.15) is 0 Å². The van der Waals surface area contributed by atoms with Crippen LogP contribution in [0.5, 0.6) is 0 Å². The summed E-state index contributed by atoms with van der Waals surface area (Å²) in [6, 6.07) is 0. The largest absolute Gasteiger partial charge is 0.495 e. The first-order chi connectivity index (χ1) is 5.66. The third kappa shape index (κ3) is 7.45. The maximum Gasteiger partial charge on any atom is 0.176 e. The van der Waals surface area contributed by atoms with Gasteiger partial charge in [0, 0.05) is 6.54 Å². The number of nitrogens with one attached hydrogen (secondary N) is 1. The van der Waals surface area contributed by atoms with Crippen molar-refractivity contribution in [3.05, 3.63) is 12.5 Å². The minimum Gasteiger partial charge on any atom is -0.495 e. The van der Waals surface area contributed by atoms with Crippen molar-refractivity contribution in [2.45, 2.75) is 39.5 Å². The Balaban J connectivity index is 3.21. The van der Waals surface area contributed by atoms with Gasteiger partial charge in [0.15, 0.2) is 5.88 Å². The monoisotopic (exact) mass is 171 g/mol. The van der Waals surface area contributed by atoms with Crippen LogP contribution in [-0.4, -0.2) is 11.7 Å². The van der Waals surface area contributed by atoms with E-state index in [0.29, 0.717) is 5.92 Å². The lowest BCUT2D eigenvalue weighted by Gasteiger charge is -2.11. The van der Waals surface area contributed by atoms with Crippen molar-refractivity contribution in [1.29, 1.82) is 0 Å². The highest BCUT2D eigenvalue weighted by molar-refractivity contribution is 4.75. The number of unbranched alkanes of at least 4 members (excludes halogenated alkanes) is 2. The molecule has 0 aromatic heterocycles. The average molecular weight is 171 g/mol. The van der Waals surface area contributed by atoms with Crippen molar-refractivity contribution in [2.75, 3.05) is 6.54 Å². The van der Waals surface area contributed by atoms with Gasteiger partial charge >= 0.3 is 0 Å². The van der Waals surface area contributed by atoms with Crippen LogP contribution in [0.2, 0.25) is 0 Å². The molecule has 0 saturated carbocycles. The van der Waals surface area contributed by atoms with E-state index >= 15 is 0 Å². The second kappa shape index (κ2) is 7.01. The zero-order chi connectivity index (χ0) is 9.40. The van der Waals surface area contributed by atoms with Crippen LogP contribution in [-0.2, 0) is 0 Å². The molecule has 72 valence electrons. The molecule has 2 nitrogen and oxygen atoms in total. The molecule has 0 amide bonds. The molecular weight excluding hydrogens is 150 g/mol. The molecule has 0 fully saturated rings. The quantitative estimate of drug-likeness (QED) is 0.456. The SMILES string of the molecule is C=C(O)NC[C@H](C)CCCCC. The van der Waals surface area contributed by atoms with E-state index < -0.39 is 0 Å². The number of rotatable bonds is 7. The van der Waals surface area contributed by atoms with Crippen molar-refractivity contribution >= 4 is 0 Å². The molecule has 0 aromatic rings. The Bertz CT molecular complexity index is 123. The smallest absolute Gasteiger partial charge is 0.176 e. The summed E-state index contributed by atoms with van der Waals surface area (Å²) in [5.41, 5.74) is 0. The number of hydrogen-bond donors (Lipinski definition) is 2. The van der Waals surface area contributed by atoms with Crippen LogP contribution in [0, 0.1) is 5.92 Å². The van der Waals surface area contributed by atoms with Crippen molar-refractivity contribution in [2.24, 2.45) is 5.92 Å². The lowest BCUT2D eigenvalue weighted by Crippen LogP contribution is -2.19. The number of hydrogen-bond acceptors (Lipinski definition) is 2. The summed E-state index contributed by atoms with van der Waals surface area (Å²) in [5.74, 6) is 0.706. The van der Waals surface area contributed by atoms with E-state index in [9.17, 15) is 0 Å². The summed E-state index contributed by atoms with van der Waals surface area (Å²) in [5, 5.41) is 11.6. The van der Waals surface area contributed by atoms with Gasteiger partial charge in [-0.25, -0.2) is 0 Å². The van der Waals surface area contributed by atoms with E-state index in [4.69, 9.17) is 5.11 Å². The van der Waals surface area contributed by atoms with Crippen molar-refractivity contribution in [3.63, 3.8) is 0 Å². The molecule has 0 radical (unpaired) electrons. The molecule has 1 atom stereocenters. The Hall–Kier alpha value is -0.660. The molecule has 12 heavy (non-hydrogen) atoms. The van der Waals surface area contributed by atoms with Crippen LogP contribution in [0.4, 0.5) is 0 Å². The summed E-state index contributed by atoms with van der Waals surface area (Å²) in [7, 11) is 0. The van der Waals surface area contributed by atoms with Crippen LogP contribution in [0.3, 0.4) is 0 Å². The average Bonchev–Trinajstić information content (AvgIpc) is 2.01. The molecule has 0 heterocycles. The van der Waals surface area contributed by atoms with Crippen molar-refractivity contribution in [1.82, 2.24) is 5.32 Å². The predicted molar refractivity (Wildman–Crippen MR) is 53.1 cm³/mol. The van der Waals surface area contributed by atoms with E-state index in [-0.39, 0.29) is 5.88 Å². The van der Waals surface area contributed by atoms with Gasteiger partial charge in [0.1, 0.15) is 0 Å². The second-order valence-corrected chi connectivity index (χ2v) is 3.43. The van der Waals surface area contributed by atoms with E-state index in [0.717, 1.165) is 6.54 Å². The molecule has 0 aromatic carbocycles. The normalized spacial score (nSPS) is 12.5. The first kappa shape index (κ1) is 11.3. The summed E-state index contributed by atoms with van der Waals surface area (Å²) in [4.78, 5) is 0. The Morgan fingerprint density at radius 3 is 2.67 bits per heavy atom. The molecular formula is C10H21NO. The van der Waals surface area contributed by atoms with E-state index in [2.05, 4.69) is 25.7 Å². The van der Waals surface area contributed by atoms with Gasteiger partial charge in [-0.15, -0.1) is 0 Å². The first-order valence-electron chi connectivity index (χ1n) is 4.78. The van der Waals surface area contributed by atoms with E-state index in [1.54, 1.807) is 0 Å². The zero-order valence-electron chi connectivity index (χ0n) is 8.27. The fourth-order valence-electron chi connectivity index (χ4n) is 1.14. The van der Waals surface area contributed by atoms with Crippen LogP contribution < -0.4 is 5.32 Å². The van der Waals surface area contributed by atoms with Gasteiger partial charge in [0.05, 0.1) is 0 Å². The number of aliphatic hydroxyl groups excluding tert-OH is 1. The molecule has 0 saturated heterocycles. The van der Waals surface area contributed by atoms with Crippen molar-refractivity contribution in [3.8, 4) is 0 Å². The summed E-state index contributed by atoms with van der Waals surface area (Å²) < 4.78 is 0. The van der Waals surface area contributed by atoms with Gasteiger partial charge in [-0.1, -0.05) is 33.1 Å². The Labute approximate surface area is 75.7 Å². The van der Waals surface area contributed by atoms with Crippen LogP contribution >= 0.6 is 0 Å². The van der Waals surface area contributed by atoms with E-state index in [1.807, 2.05) is 0 Å². The minimum atomic E-state index is 0.0809. The first-order valence-corrected chi connectivity index (χ1v) is 4.78. The maximum absolute atomic E-state index is 8.77. The van der Waals surface area contributed by atoms with Gasteiger partial charge in [0.2, 0.25) is 0 Å². The van der Waals surface area contributed by atoms with E-state index in [1.165, 1.54) is 25.7 Å².